The predicted molar refractivity (Wildman–Crippen MR) is 143 cm³/mol. The van der Waals surface area contributed by atoms with Gasteiger partial charge in [-0.2, -0.15) is 0 Å². The third-order valence-electron chi connectivity index (χ3n) is 5.94. The van der Waals surface area contributed by atoms with Gasteiger partial charge in [-0.3, -0.25) is 15.4 Å². The largest absolute Gasteiger partial charge is 0.491 e. The molecule has 0 heterocycles. The summed E-state index contributed by atoms with van der Waals surface area (Å²) < 4.78 is 11.4. The van der Waals surface area contributed by atoms with Crippen molar-refractivity contribution in [2.45, 2.75) is 37.6 Å². The van der Waals surface area contributed by atoms with Crippen LogP contribution in [0.5, 0.6) is 11.5 Å². The van der Waals surface area contributed by atoms with Crippen LogP contribution in [0.15, 0.2) is 84.9 Å². The molecule has 0 saturated heterocycles. The third kappa shape index (κ3) is 8.87. The van der Waals surface area contributed by atoms with Gasteiger partial charge in [0.25, 0.3) is 0 Å². The highest BCUT2D eigenvalue weighted by Gasteiger charge is 2.32. The molecule has 0 saturated carbocycles. The summed E-state index contributed by atoms with van der Waals surface area (Å²) in [6, 6.07) is 25.6. The van der Waals surface area contributed by atoms with Crippen molar-refractivity contribution in [1.29, 1.82) is 0 Å². The lowest BCUT2D eigenvalue weighted by molar-refractivity contribution is 0.0723. The van der Waals surface area contributed by atoms with Gasteiger partial charge in [0.1, 0.15) is 36.9 Å². The van der Waals surface area contributed by atoms with Crippen LogP contribution in [0.3, 0.4) is 0 Å². The van der Waals surface area contributed by atoms with Gasteiger partial charge in [0.05, 0.1) is 5.66 Å². The number of benzene rings is 3. The zero-order valence-electron chi connectivity index (χ0n) is 21.2. The smallest absolute Gasteiger partial charge is 0.248 e. The average Bonchev–Trinajstić information content (AvgIpc) is 2.93. The van der Waals surface area contributed by atoms with Crippen molar-refractivity contribution < 1.29 is 24.5 Å². The number of aliphatic hydroxyl groups excluding tert-OH is 2. The highest BCUT2D eigenvalue weighted by molar-refractivity contribution is 5.92. The van der Waals surface area contributed by atoms with Gasteiger partial charge in [-0.15, -0.1) is 0 Å². The molecule has 0 spiro atoms. The summed E-state index contributed by atoms with van der Waals surface area (Å²) in [6.45, 7) is 2.75. The fourth-order valence-corrected chi connectivity index (χ4v) is 4.00. The molecule has 0 aliphatic rings. The number of ether oxygens (including phenoxy) is 2. The van der Waals surface area contributed by atoms with Gasteiger partial charge in [0, 0.05) is 18.7 Å². The van der Waals surface area contributed by atoms with Crippen molar-refractivity contribution in [2.75, 3.05) is 26.3 Å². The molecule has 198 valence electrons. The maximum atomic E-state index is 11.6. The number of amides is 1. The minimum absolute atomic E-state index is 0.118. The van der Waals surface area contributed by atoms with Gasteiger partial charge in [0.15, 0.2) is 0 Å². The summed E-state index contributed by atoms with van der Waals surface area (Å²) in [6.07, 6.45) is -0.101. The molecule has 6 N–H and O–H groups in total. The van der Waals surface area contributed by atoms with E-state index in [9.17, 15) is 15.0 Å². The fourth-order valence-electron chi connectivity index (χ4n) is 4.00. The molecule has 8 nitrogen and oxygen atoms in total. The molecular weight excluding hydrogens is 470 g/mol. The second kappa shape index (κ2) is 14.3. The van der Waals surface area contributed by atoms with E-state index in [2.05, 4.69) is 17.6 Å². The Balaban J connectivity index is 1.70. The molecule has 3 aromatic rings. The van der Waals surface area contributed by atoms with E-state index in [4.69, 9.17) is 15.2 Å². The predicted octanol–water partition coefficient (Wildman–Crippen LogP) is 2.80. The van der Waals surface area contributed by atoms with Gasteiger partial charge in [-0.25, -0.2) is 0 Å². The lowest BCUT2D eigenvalue weighted by Crippen LogP contribution is -2.58. The van der Waals surface area contributed by atoms with E-state index in [1.54, 1.807) is 12.1 Å². The fraction of sp³-hybridized carbons (Fsp3) is 0.345. The van der Waals surface area contributed by atoms with Gasteiger partial charge in [0.2, 0.25) is 5.91 Å². The number of nitrogens with two attached hydrogens (primary N) is 1. The molecular formula is C29H37N3O5. The number of carbonyl (C=O) groups is 1. The monoisotopic (exact) mass is 507 g/mol. The Bertz CT molecular complexity index is 1010. The molecule has 0 bridgehead atoms. The van der Waals surface area contributed by atoms with E-state index >= 15 is 0 Å². The second-order valence-electron chi connectivity index (χ2n) is 8.91. The highest BCUT2D eigenvalue weighted by Crippen LogP contribution is 2.25. The first-order valence-corrected chi connectivity index (χ1v) is 12.5. The number of carbonyl (C=O) groups excluding carboxylic acids is 1. The Hall–Kier alpha value is -3.43. The van der Waals surface area contributed by atoms with Gasteiger partial charge in [-0.1, -0.05) is 61.9 Å². The quantitative estimate of drug-likeness (QED) is 0.189. The second-order valence-corrected chi connectivity index (χ2v) is 8.91. The van der Waals surface area contributed by atoms with Crippen LogP contribution in [0, 0.1) is 0 Å². The molecule has 0 aliphatic carbocycles. The lowest BCUT2D eigenvalue weighted by atomic mass is 9.92. The zero-order valence-corrected chi connectivity index (χ0v) is 21.2. The maximum Gasteiger partial charge on any atom is 0.248 e. The summed E-state index contributed by atoms with van der Waals surface area (Å²) in [7, 11) is 0. The van der Waals surface area contributed by atoms with Crippen LogP contribution < -0.4 is 25.8 Å². The Morgan fingerprint density at radius 2 is 1.27 bits per heavy atom. The van der Waals surface area contributed by atoms with Crippen LogP contribution in [0.25, 0.3) is 0 Å². The summed E-state index contributed by atoms with van der Waals surface area (Å²) in [5.41, 5.74) is 5.90. The lowest BCUT2D eigenvalue weighted by Gasteiger charge is -2.38. The van der Waals surface area contributed by atoms with E-state index in [0.717, 1.165) is 12.0 Å². The number of hydrogen-bond acceptors (Lipinski definition) is 7. The van der Waals surface area contributed by atoms with Crippen molar-refractivity contribution >= 4 is 5.91 Å². The highest BCUT2D eigenvalue weighted by atomic mass is 16.5. The van der Waals surface area contributed by atoms with Crippen molar-refractivity contribution in [2.24, 2.45) is 5.73 Å². The van der Waals surface area contributed by atoms with Crippen LogP contribution in [-0.2, 0) is 5.66 Å². The van der Waals surface area contributed by atoms with Crippen LogP contribution >= 0.6 is 0 Å². The number of primary amides is 1. The zero-order chi connectivity index (χ0) is 26.5. The number of rotatable bonds is 16. The molecule has 37 heavy (non-hydrogen) atoms. The van der Waals surface area contributed by atoms with E-state index in [-0.39, 0.29) is 26.3 Å². The van der Waals surface area contributed by atoms with Gasteiger partial charge < -0.3 is 25.4 Å². The van der Waals surface area contributed by atoms with Crippen LogP contribution in [0.4, 0.5) is 0 Å². The number of hydrogen-bond donors (Lipinski definition) is 5. The molecule has 3 rings (SSSR count). The Morgan fingerprint density at radius 1 is 0.811 bits per heavy atom. The summed E-state index contributed by atoms with van der Waals surface area (Å²) in [4.78, 5) is 11.6. The molecule has 0 aliphatic heterocycles. The molecule has 2 atom stereocenters. The number of aliphatic hydroxyl groups is 2. The van der Waals surface area contributed by atoms with Crippen LogP contribution in [-0.4, -0.2) is 54.6 Å². The summed E-state index contributed by atoms with van der Waals surface area (Å²) in [5, 5.41) is 28.2. The van der Waals surface area contributed by atoms with E-state index in [1.165, 1.54) is 0 Å². The molecule has 2 unspecified atom stereocenters. The average molecular weight is 508 g/mol. The SMILES string of the molecule is CCCC(NCC(O)COc1ccccc1)(NCC(O)COc1ccccc1)c1ccc(C(N)=O)cc1. The maximum absolute atomic E-state index is 11.6. The van der Waals surface area contributed by atoms with E-state index in [1.807, 2.05) is 72.8 Å². The minimum Gasteiger partial charge on any atom is -0.491 e. The minimum atomic E-state index is -0.785. The number of para-hydroxylation sites is 2. The summed E-state index contributed by atoms with van der Waals surface area (Å²) >= 11 is 0. The van der Waals surface area contributed by atoms with Crippen molar-refractivity contribution in [3.63, 3.8) is 0 Å². The molecule has 1 amide bonds. The Kier molecular flexibility index (Phi) is 10.9. The van der Waals surface area contributed by atoms with Crippen molar-refractivity contribution in [1.82, 2.24) is 10.6 Å². The molecule has 0 fully saturated rings. The molecule has 0 radical (unpaired) electrons. The molecule has 8 heteroatoms. The number of nitrogens with one attached hydrogen (secondary N) is 2. The van der Waals surface area contributed by atoms with Crippen LogP contribution in [0.1, 0.15) is 35.7 Å². The van der Waals surface area contributed by atoms with Crippen LogP contribution in [0.2, 0.25) is 0 Å². The molecule has 0 aromatic heterocycles. The Morgan fingerprint density at radius 3 is 1.68 bits per heavy atom. The van der Waals surface area contributed by atoms with Crippen molar-refractivity contribution in [3.05, 3.63) is 96.1 Å². The normalized spacial score (nSPS) is 14.4. The summed E-state index contributed by atoms with van der Waals surface area (Å²) in [5.74, 6) is 0.863. The molecule has 3 aromatic carbocycles. The third-order valence-corrected chi connectivity index (χ3v) is 5.94. The first-order valence-electron chi connectivity index (χ1n) is 12.5. The standard InChI is InChI=1S/C29H37N3O5/c1-2-17-29(23-15-13-22(14-16-23)28(30)35,31-18-24(33)20-36-26-9-5-3-6-10-26)32-19-25(34)21-37-27-11-7-4-8-12-27/h3-16,24-25,31-34H,2,17-21H2,1H3,(H2,30,35). The first-order chi connectivity index (χ1) is 17.9. The Labute approximate surface area is 218 Å². The topological polar surface area (TPSA) is 126 Å². The van der Waals surface area contributed by atoms with Gasteiger partial charge in [-0.05, 0) is 48.4 Å². The van der Waals surface area contributed by atoms with Gasteiger partial charge >= 0.3 is 0 Å². The first kappa shape index (κ1) is 28.1. The van der Waals surface area contributed by atoms with Crippen molar-refractivity contribution in [3.8, 4) is 11.5 Å². The van der Waals surface area contributed by atoms with E-state index in [0.29, 0.717) is 23.5 Å². The van der Waals surface area contributed by atoms with E-state index < -0.39 is 23.8 Å².